The highest BCUT2D eigenvalue weighted by Crippen LogP contribution is 2.11. The van der Waals surface area contributed by atoms with E-state index >= 15 is 0 Å². The maximum absolute atomic E-state index is 4.98. The largest absolute Gasteiger partial charge is 0.298 e. The predicted octanol–water partition coefficient (Wildman–Crippen LogP) is 1.02. The Morgan fingerprint density at radius 1 is 1.62 bits per heavy atom. The van der Waals surface area contributed by atoms with Gasteiger partial charge in [-0.15, -0.1) is 0 Å². The van der Waals surface area contributed by atoms with Crippen LogP contribution in [0.4, 0.5) is 0 Å². The van der Waals surface area contributed by atoms with Gasteiger partial charge in [0.1, 0.15) is 0 Å². The van der Waals surface area contributed by atoms with Crippen LogP contribution in [0.1, 0.15) is 13.8 Å². The van der Waals surface area contributed by atoms with Crippen molar-refractivity contribution in [2.75, 3.05) is 12.0 Å². The molecule has 2 N–H and O–H groups in total. The maximum Gasteiger partial charge on any atom is 0.0927 e. The first-order chi connectivity index (χ1) is 3.62. The molecule has 0 aromatic heterocycles. The smallest absolute Gasteiger partial charge is 0.0927 e. The van der Waals surface area contributed by atoms with Gasteiger partial charge in [0, 0.05) is 5.75 Å². The molecule has 3 heteroatoms. The van der Waals surface area contributed by atoms with E-state index in [-0.39, 0.29) is 5.60 Å². The van der Waals surface area contributed by atoms with Crippen LogP contribution in [0.3, 0.4) is 0 Å². The number of rotatable bonds is 3. The number of hydrogen-bond acceptors (Lipinski definition) is 3. The molecule has 0 rings (SSSR count). The minimum absolute atomic E-state index is 0.167. The number of thioether (sulfide) groups is 1. The van der Waals surface area contributed by atoms with Crippen LogP contribution in [-0.4, -0.2) is 17.6 Å². The standard InChI is InChI=1S/C5H13NOS/c1-5(2,7-6)4-8-3/h4,6H2,1-3H3. The Balaban J connectivity index is 3.37. The lowest BCUT2D eigenvalue weighted by Gasteiger charge is -2.19. The molecule has 0 aliphatic rings. The van der Waals surface area contributed by atoms with Gasteiger partial charge >= 0.3 is 0 Å². The summed E-state index contributed by atoms with van der Waals surface area (Å²) in [6, 6.07) is 0. The summed E-state index contributed by atoms with van der Waals surface area (Å²) in [6.45, 7) is 3.92. The van der Waals surface area contributed by atoms with Crippen LogP contribution in [-0.2, 0) is 4.84 Å². The van der Waals surface area contributed by atoms with Crippen LogP contribution in [0.5, 0.6) is 0 Å². The molecule has 0 saturated carbocycles. The zero-order valence-corrected chi connectivity index (χ0v) is 6.42. The summed E-state index contributed by atoms with van der Waals surface area (Å²) >= 11 is 1.73. The first-order valence-corrected chi connectivity index (χ1v) is 3.88. The molecular weight excluding hydrogens is 122 g/mol. The van der Waals surface area contributed by atoms with Crippen molar-refractivity contribution in [1.29, 1.82) is 0 Å². The van der Waals surface area contributed by atoms with Gasteiger partial charge in [0.25, 0.3) is 0 Å². The molecule has 0 aromatic carbocycles. The van der Waals surface area contributed by atoms with Crippen LogP contribution in [0.2, 0.25) is 0 Å². The fourth-order valence-electron chi connectivity index (χ4n) is 0.382. The van der Waals surface area contributed by atoms with Crippen molar-refractivity contribution in [1.82, 2.24) is 0 Å². The van der Waals surface area contributed by atoms with E-state index in [0.717, 1.165) is 5.75 Å². The highest BCUT2D eigenvalue weighted by atomic mass is 32.2. The molecule has 0 aliphatic heterocycles. The van der Waals surface area contributed by atoms with Crippen molar-refractivity contribution in [3.63, 3.8) is 0 Å². The van der Waals surface area contributed by atoms with E-state index in [2.05, 4.69) is 4.84 Å². The van der Waals surface area contributed by atoms with Crippen molar-refractivity contribution in [3.05, 3.63) is 0 Å². The lowest BCUT2D eigenvalue weighted by atomic mass is 10.2. The van der Waals surface area contributed by atoms with E-state index in [0.29, 0.717) is 0 Å². The molecule has 0 atom stereocenters. The quantitative estimate of drug-likeness (QED) is 0.587. The minimum atomic E-state index is -0.167. The zero-order valence-electron chi connectivity index (χ0n) is 5.60. The molecule has 2 nitrogen and oxygen atoms in total. The van der Waals surface area contributed by atoms with Crippen molar-refractivity contribution in [2.24, 2.45) is 5.90 Å². The first-order valence-electron chi connectivity index (χ1n) is 2.49. The molecule has 0 bridgehead atoms. The lowest BCUT2D eigenvalue weighted by Crippen LogP contribution is -2.30. The maximum atomic E-state index is 4.98. The number of nitrogens with two attached hydrogens (primary N) is 1. The van der Waals surface area contributed by atoms with Crippen molar-refractivity contribution in [3.8, 4) is 0 Å². The van der Waals surface area contributed by atoms with Gasteiger partial charge in [0.2, 0.25) is 0 Å². The summed E-state index contributed by atoms with van der Waals surface area (Å²) in [6.07, 6.45) is 2.03. The Labute approximate surface area is 54.7 Å². The molecule has 0 unspecified atom stereocenters. The van der Waals surface area contributed by atoms with Gasteiger partial charge in [-0.3, -0.25) is 4.84 Å². The van der Waals surface area contributed by atoms with Gasteiger partial charge in [0.05, 0.1) is 5.60 Å². The van der Waals surface area contributed by atoms with Crippen molar-refractivity contribution >= 4 is 11.8 Å². The highest BCUT2D eigenvalue weighted by molar-refractivity contribution is 7.98. The molecule has 0 amide bonds. The first kappa shape index (κ1) is 8.27. The summed E-state index contributed by atoms with van der Waals surface area (Å²) in [4.78, 5) is 4.66. The third kappa shape index (κ3) is 3.29. The molecular formula is C5H13NOS. The van der Waals surface area contributed by atoms with Crippen LogP contribution < -0.4 is 5.90 Å². The molecule has 0 heterocycles. The normalized spacial score (nSPS) is 12.0. The number of hydrogen-bond donors (Lipinski definition) is 1. The fraction of sp³-hybridized carbons (Fsp3) is 1.00. The van der Waals surface area contributed by atoms with E-state index in [1.54, 1.807) is 11.8 Å². The Kier molecular flexibility index (Phi) is 3.44. The summed E-state index contributed by atoms with van der Waals surface area (Å²) < 4.78 is 0. The molecule has 8 heavy (non-hydrogen) atoms. The Bertz CT molecular complexity index is 65.4. The van der Waals surface area contributed by atoms with E-state index in [4.69, 9.17) is 5.90 Å². The topological polar surface area (TPSA) is 35.2 Å². The van der Waals surface area contributed by atoms with Crippen LogP contribution >= 0.6 is 11.8 Å². The molecule has 0 aromatic rings. The summed E-state index contributed by atoms with van der Waals surface area (Å²) in [7, 11) is 0. The molecule has 0 aliphatic carbocycles. The molecule has 0 radical (unpaired) electrons. The van der Waals surface area contributed by atoms with E-state index in [1.807, 2.05) is 20.1 Å². The minimum Gasteiger partial charge on any atom is -0.298 e. The van der Waals surface area contributed by atoms with Gasteiger partial charge in [-0.25, -0.2) is 5.90 Å². The van der Waals surface area contributed by atoms with Gasteiger partial charge in [-0.05, 0) is 20.1 Å². The summed E-state index contributed by atoms with van der Waals surface area (Å²) in [5.74, 6) is 5.91. The molecule has 50 valence electrons. The monoisotopic (exact) mass is 135 g/mol. The van der Waals surface area contributed by atoms with Crippen molar-refractivity contribution in [2.45, 2.75) is 19.4 Å². The second kappa shape index (κ2) is 3.33. The summed E-state index contributed by atoms with van der Waals surface area (Å²) in [5.41, 5.74) is -0.167. The van der Waals surface area contributed by atoms with Crippen LogP contribution in [0, 0.1) is 0 Å². The average molecular weight is 135 g/mol. The van der Waals surface area contributed by atoms with Gasteiger partial charge in [0.15, 0.2) is 0 Å². The van der Waals surface area contributed by atoms with Crippen molar-refractivity contribution < 1.29 is 4.84 Å². The van der Waals surface area contributed by atoms with E-state index in [9.17, 15) is 0 Å². The second-order valence-corrected chi connectivity index (χ2v) is 3.18. The molecule has 0 fully saturated rings. The second-order valence-electron chi connectivity index (χ2n) is 2.31. The fourth-order valence-corrected chi connectivity index (χ4v) is 1.14. The third-order valence-electron chi connectivity index (χ3n) is 0.811. The van der Waals surface area contributed by atoms with E-state index in [1.165, 1.54) is 0 Å². The third-order valence-corrected chi connectivity index (χ3v) is 1.79. The predicted molar refractivity (Wildman–Crippen MR) is 37.7 cm³/mol. The lowest BCUT2D eigenvalue weighted by molar-refractivity contribution is -0.000368. The SMILES string of the molecule is CSCC(C)(C)ON. The highest BCUT2D eigenvalue weighted by Gasteiger charge is 2.15. The van der Waals surface area contributed by atoms with Gasteiger partial charge in [-0.1, -0.05) is 0 Å². The Hall–Kier alpha value is 0.270. The van der Waals surface area contributed by atoms with E-state index < -0.39 is 0 Å². The van der Waals surface area contributed by atoms with Crippen LogP contribution in [0.25, 0.3) is 0 Å². The Morgan fingerprint density at radius 2 is 2.12 bits per heavy atom. The van der Waals surface area contributed by atoms with Crippen LogP contribution in [0.15, 0.2) is 0 Å². The van der Waals surface area contributed by atoms with Gasteiger partial charge in [-0.2, -0.15) is 11.8 Å². The molecule has 0 spiro atoms. The average Bonchev–Trinajstić information content (AvgIpc) is 1.67. The Morgan fingerprint density at radius 3 is 2.25 bits per heavy atom. The van der Waals surface area contributed by atoms with Gasteiger partial charge < -0.3 is 0 Å². The molecule has 0 saturated heterocycles. The zero-order chi connectivity index (χ0) is 6.62. The summed E-state index contributed by atoms with van der Waals surface area (Å²) in [5, 5.41) is 0.